The van der Waals surface area contributed by atoms with Gasteiger partial charge < -0.3 is 10.2 Å². The third kappa shape index (κ3) is 1.91. The number of aryl methyl sites for hydroxylation is 1. The van der Waals surface area contributed by atoms with Crippen LogP contribution in [0.3, 0.4) is 0 Å². The lowest BCUT2D eigenvalue weighted by molar-refractivity contribution is 0.481. The van der Waals surface area contributed by atoms with Crippen molar-refractivity contribution in [2.24, 2.45) is 0 Å². The van der Waals surface area contributed by atoms with E-state index in [1.54, 1.807) is 0 Å². The smallest absolute Gasteiger partial charge is 0.248 e. The molecule has 2 aromatic rings. The van der Waals surface area contributed by atoms with Crippen LogP contribution in [0.25, 0.3) is 11.5 Å². The van der Waals surface area contributed by atoms with Crippen LogP contribution in [0.5, 0.6) is 0 Å². The van der Waals surface area contributed by atoms with Crippen molar-refractivity contribution in [2.75, 3.05) is 5.73 Å². The van der Waals surface area contributed by atoms with E-state index in [0.717, 1.165) is 16.8 Å². The summed E-state index contributed by atoms with van der Waals surface area (Å²) in [6, 6.07) is 5.64. The summed E-state index contributed by atoms with van der Waals surface area (Å²) in [6.45, 7) is 6.02. The van der Waals surface area contributed by atoms with Crippen LogP contribution >= 0.6 is 0 Å². The predicted octanol–water partition coefficient (Wildman–Crippen LogP) is 2.75. The Kier molecular flexibility index (Phi) is 2.64. The van der Waals surface area contributed by atoms with E-state index in [1.807, 2.05) is 39.0 Å². The molecule has 1 aromatic heterocycles. The Morgan fingerprint density at radius 3 is 2.56 bits per heavy atom. The van der Waals surface area contributed by atoms with Crippen molar-refractivity contribution in [3.05, 3.63) is 29.7 Å². The quantitative estimate of drug-likeness (QED) is 0.785. The molecule has 4 nitrogen and oxygen atoms in total. The standard InChI is InChI=1S/C12H15N3O/c1-7(2)11-14-15-12(16-11)10-5-4-9(13)6-8(10)3/h4-7H,13H2,1-3H3. The number of aromatic nitrogens is 2. The molecule has 4 heteroatoms. The maximum atomic E-state index is 5.69. The highest BCUT2D eigenvalue weighted by atomic mass is 16.4. The van der Waals surface area contributed by atoms with Gasteiger partial charge in [0.2, 0.25) is 11.8 Å². The molecule has 16 heavy (non-hydrogen) atoms. The minimum atomic E-state index is 0.246. The maximum Gasteiger partial charge on any atom is 0.248 e. The SMILES string of the molecule is Cc1cc(N)ccc1-c1nnc(C(C)C)o1. The number of nitrogens with zero attached hydrogens (tertiary/aromatic N) is 2. The van der Waals surface area contributed by atoms with Gasteiger partial charge in [-0.15, -0.1) is 10.2 Å². The number of hydrogen-bond donors (Lipinski definition) is 1. The Morgan fingerprint density at radius 2 is 2.00 bits per heavy atom. The molecule has 0 aliphatic heterocycles. The third-order valence-corrected chi connectivity index (χ3v) is 2.42. The second-order valence-electron chi connectivity index (χ2n) is 4.17. The van der Waals surface area contributed by atoms with E-state index < -0.39 is 0 Å². The van der Waals surface area contributed by atoms with Crippen LogP contribution in [0.15, 0.2) is 22.6 Å². The summed E-state index contributed by atoms with van der Waals surface area (Å²) in [6.07, 6.45) is 0. The number of anilines is 1. The molecular weight excluding hydrogens is 202 g/mol. The second-order valence-corrected chi connectivity index (χ2v) is 4.17. The maximum absolute atomic E-state index is 5.69. The largest absolute Gasteiger partial charge is 0.420 e. The fourth-order valence-corrected chi connectivity index (χ4v) is 1.50. The van der Waals surface area contributed by atoms with E-state index >= 15 is 0 Å². The lowest BCUT2D eigenvalue weighted by Gasteiger charge is -2.01. The molecule has 0 spiro atoms. The second kappa shape index (κ2) is 3.96. The molecule has 0 bridgehead atoms. The van der Waals surface area contributed by atoms with Crippen LogP contribution in [-0.2, 0) is 0 Å². The number of hydrogen-bond acceptors (Lipinski definition) is 4. The zero-order valence-electron chi connectivity index (χ0n) is 9.69. The Labute approximate surface area is 94.5 Å². The van der Waals surface area contributed by atoms with E-state index in [1.165, 1.54) is 0 Å². The average Bonchev–Trinajstić information content (AvgIpc) is 2.66. The highest BCUT2D eigenvalue weighted by molar-refractivity contribution is 5.62. The van der Waals surface area contributed by atoms with Crippen molar-refractivity contribution < 1.29 is 4.42 Å². The molecular formula is C12H15N3O. The van der Waals surface area contributed by atoms with Crippen LogP contribution in [-0.4, -0.2) is 10.2 Å². The first-order valence-corrected chi connectivity index (χ1v) is 5.28. The average molecular weight is 217 g/mol. The highest BCUT2D eigenvalue weighted by Gasteiger charge is 2.12. The Morgan fingerprint density at radius 1 is 1.25 bits per heavy atom. The van der Waals surface area contributed by atoms with Gasteiger partial charge in [-0.3, -0.25) is 0 Å². The lowest BCUT2D eigenvalue weighted by atomic mass is 10.1. The molecule has 0 saturated heterocycles. The molecule has 0 atom stereocenters. The molecule has 0 saturated carbocycles. The molecule has 1 aromatic carbocycles. The first-order chi connectivity index (χ1) is 7.58. The van der Waals surface area contributed by atoms with Crippen molar-refractivity contribution >= 4 is 5.69 Å². The van der Waals surface area contributed by atoms with Crippen molar-refractivity contribution in [3.63, 3.8) is 0 Å². The fraction of sp³-hybridized carbons (Fsp3) is 0.333. The van der Waals surface area contributed by atoms with Crippen LogP contribution in [0.4, 0.5) is 5.69 Å². The minimum Gasteiger partial charge on any atom is -0.420 e. The van der Waals surface area contributed by atoms with Gasteiger partial charge >= 0.3 is 0 Å². The Bertz CT molecular complexity index is 503. The summed E-state index contributed by atoms with van der Waals surface area (Å²) in [5.41, 5.74) is 8.41. The fourth-order valence-electron chi connectivity index (χ4n) is 1.50. The van der Waals surface area contributed by atoms with Crippen molar-refractivity contribution in [1.29, 1.82) is 0 Å². The molecule has 0 amide bonds. The van der Waals surface area contributed by atoms with Gasteiger partial charge in [-0.2, -0.15) is 0 Å². The third-order valence-electron chi connectivity index (χ3n) is 2.42. The van der Waals surface area contributed by atoms with Gasteiger partial charge in [0.05, 0.1) is 0 Å². The van der Waals surface area contributed by atoms with Gasteiger partial charge in [0.1, 0.15) is 0 Å². The summed E-state index contributed by atoms with van der Waals surface area (Å²) in [5.74, 6) is 1.46. The summed E-state index contributed by atoms with van der Waals surface area (Å²) in [4.78, 5) is 0. The Balaban J connectivity index is 2.42. The van der Waals surface area contributed by atoms with E-state index in [4.69, 9.17) is 10.2 Å². The van der Waals surface area contributed by atoms with Crippen LogP contribution < -0.4 is 5.73 Å². The molecule has 2 N–H and O–H groups in total. The number of nitrogens with two attached hydrogens (primary N) is 1. The summed E-state index contributed by atoms with van der Waals surface area (Å²) >= 11 is 0. The van der Waals surface area contributed by atoms with Gasteiger partial charge in [0, 0.05) is 17.2 Å². The van der Waals surface area contributed by atoms with E-state index in [2.05, 4.69) is 10.2 Å². The van der Waals surface area contributed by atoms with E-state index in [-0.39, 0.29) is 5.92 Å². The van der Waals surface area contributed by atoms with Crippen molar-refractivity contribution in [2.45, 2.75) is 26.7 Å². The van der Waals surface area contributed by atoms with Gasteiger partial charge in [0.25, 0.3) is 0 Å². The molecule has 1 heterocycles. The van der Waals surface area contributed by atoms with E-state index in [0.29, 0.717) is 11.8 Å². The molecule has 0 aliphatic rings. The van der Waals surface area contributed by atoms with Crippen LogP contribution in [0, 0.1) is 6.92 Å². The zero-order valence-corrected chi connectivity index (χ0v) is 9.69. The van der Waals surface area contributed by atoms with E-state index in [9.17, 15) is 0 Å². The predicted molar refractivity (Wildman–Crippen MR) is 63.0 cm³/mol. The highest BCUT2D eigenvalue weighted by Crippen LogP contribution is 2.25. The van der Waals surface area contributed by atoms with Crippen LogP contribution in [0.1, 0.15) is 31.2 Å². The van der Waals surface area contributed by atoms with Crippen LogP contribution in [0.2, 0.25) is 0 Å². The normalized spacial score (nSPS) is 11.0. The summed E-state index contributed by atoms with van der Waals surface area (Å²) in [5, 5.41) is 8.05. The molecule has 0 aliphatic carbocycles. The van der Waals surface area contributed by atoms with Crippen molar-refractivity contribution in [1.82, 2.24) is 10.2 Å². The monoisotopic (exact) mass is 217 g/mol. The number of nitrogen functional groups attached to an aromatic ring is 1. The molecule has 0 fully saturated rings. The summed E-state index contributed by atoms with van der Waals surface area (Å²) < 4.78 is 5.59. The Hall–Kier alpha value is -1.84. The topological polar surface area (TPSA) is 64.9 Å². The molecule has 84 valence electrons. The zero-order chi connectivity index (χ0) is 11.7. The van der Waals surface area contributed by atoms with Gasteiger partial charge in [-0.05, 0) is 30.7 Å². The lowest BCUT2D eigenvalue weighted by Crippen LogP contribution is -1.88. The summed E-state index contributed by atoms with van der Waals surface area (Å²) in [7, 11) is 0. The van der Waals surface area contributed by atoms with Gasteiger partial charge in [-0.1, -0.05) is 13.8 Å². The minimum absolute atomic E-state index is 0.246. The molecule has 0 unspecified atom stereocenters. The first-order valence-electron chi connectivity index (χ1n) is 5.28. The first kappa shape index (κ1) is 10.7. The van der Waals surface area contributed by atoms with Gasteiger partial charge in [-0.25, -0.2) is 0 Å². The van der Waals surface area contributed by atoms with Gasteiger partial charge in [0.15, 0.2) is 0 Å². The number of benzene rings is 1. The van der Waals surface area contributed by atoms with Crippen molar-refractivity contribution in [3.8, 4) is 11.5 Å². The molecule has 0 radical (unpaired) electrons. The number of rotatable bonds is 2. The molecule has 2 rings (SSSR count).